The van der Waals surface area contributed by atoms with Gasteiger partial charge in [0.15, 0.2) is 11.4 Å². The number of amides is 2. The van der Waals surface area contributed by atoms with Gasteiger partial charge in [-0.3, -0.25) is 33.6 Å². The lowest BCUT2D eigenvalue weighted by Crippen LogP contribution is -2.61. The number of aliphatic hydroxyl groups is 2. The molecule has 2 saturated heterocycles. The van der Waals surface area contributed by atoms with Crippen molar-refractivity contribution in [2.45, 2.75) is 264 Å². The molecule has 3 aliphatic heterocycles. The molecule has 6 heterocycles. The first-order chi connectivity index (χ1) is 62.7. The fourth-order valence-corrected chi connectivity index (χ4v) is 17.7. The number of carbonyl (C=O) groups is 8. The number of hydrogen-bond donors (Lipinski definition) is 5. The monoisotopic (exact) mass is 1820 g/mol. The molecule has 2 amide bonds. The first kappa shape index (κ1) is 105. The van der Waals surface area contributed by atoms with E-state index in [4.69, 9.17) is 67.7 Å². The molecule has 720 valence electrons. The third kappa shape index (κ3) is 32.7. The number of carbonyl (C=O) groups excluding carboxylic acids is 8. The average Bonchev–Trinajstić information content (AvgIpc) is 1.48. The van der Waals surface area contributed by atoms with Crippen molar-refractivity contribution in [1.29, 1.82) is 0 Å². The number of anilines is 1. The molecular weight excluding hydrogens is 1670 g/mol. The minimum absolute atomic E-state index is 0.0152. The van der Waals surface area contributed by atoms with Crippen molar-refractivity contribution in [3.8, 4) is 5.75 Å². The number of hydrogen-bond acceptors (Lipinski definition) is 29. The molecule has 33 nitrogen and oxygen atoms in total. The van der Waals surface area contributed by atoms with Crippen molar-refractivity contribution in [2.24, 2.45) is 35.5 Å². The van der Waals surface area contributed by atoms with Crippen molar-refractivity contribution in [3.63, 3.8) is 0 Å². The van der Waals surface area contributed by atoms with Gasteiger partial charge in [-0.1, -0.05) is 88.8 Å². The first-order valence-electron chi connectivity index (χ1n) is 46.9. The molecule has 5 aliphatic rings. The molecule has 3 fully saturated rings. The van der Waals surface area contributed by atoms with Crippen LogP contribution in [0.3, 0.4) is 0 Å². The van der Waals surface area contributed by atoms with Crippen LogP contribution in [0.2, 0.25) is 0 Å². The van der Waals surface area contributed by atoms with Crippen LogP contribution < -0.4 is 11.1 Å². The molecule has 9 rings (SSSR count). The molecular formula is C97H144N10O23. The van der Waals surface area contributed by atoms with Crippen LogP contribution in [-0.4, -0.2) is 277 Å². The second-order valence-corrected chi connectivity index (χ2v) is 35.5. The van der Waals surface area contributed by atoms with E-state index in [1.165, 1.54) is 18.3 Å². The number of Topliss-reactive ketones (excluding diaryl/α,β-unsaturated/α-hetero) is 5. The third-order valence-electron chi connectivity index (χ3n) is 25.5. The largest absolute Gasteiger partial charge is 0.508 e. The molecule has 15 atom stereocenters. The molecule has 3 aromatic heterocycles. The summed E-state index contributed by atoms with van der Waals surface area (Å²) in [6.07, 6.45) is 23.4. The zero-order valence-corrected chi connectivity index (χ0v) is 78.2. The van der Waals surface area contributed by atoms with Gasteiger partial charge in [-0.2, -0.15) is 5.10 Å². The number of ketones is 5. The molecule has 33 heteroatoms. The van der Waals surface area contributed by atoms with Gasteiger partial charge in [0.1, 0.15) is 65.3 Å². The number of nitrogens with one attached hydrogen (secondary N) is 1. The quantitative estimate of drug-likeness (QED) is 0.0119. The van der Waals surface area contributed by atoms with Crippen molar-refractivity contribution >= 4 is 75.2 Å². The predicted molar refractivity (Wildman–Crippen MR) is 486 cm³/mol. The number of aliphatic hydroxyl groups excluding tert-OH is 1. The number of nitrogen functional groups attached to an aromatic ring is 1. The number of allylic oxidation sites excluding steroid dienone is 7. The number of fused-ring (bicyclic) bond motifs is 5. The number of ether oxygens (including phenoxy) is 12. The van der Waals surface area contributed by atoms with Crippen molar-refractivity contribution in [3.05, 3.63) is 101 Å². The Bertz CT molecular complexity index is 4430. The highest BCUT2D eigenvalue weighted by Crippen LogP contribution is 2.42. The summed E-state index contributed by atoms with van der Waals surface area (Å²) in [5.74, 6) is -7.70. The summed E-state index contributed by atoms with van der Waals surface area (Å²) in [6, 6.07) is 4.00. The highest BCUT2D eigenvalue weighted by molar-refractivity contribution is 6.39. The van der Waals surface area contributed by atoms with E-state index in [0.717, 1.165) is 64.7 Å². The Morgan fingerprint density at radius 3 is 2.09 bits per heavy atom. The van der Waals surface area contributed by atoms with Gasteiger partial charge in [0, 0.05) is 123 Å². The number of cyclic esters (lactones) is 1. The molecule has 1 aromatic carbocycles. The van der Waals surface area contributed by atoms with E-state index in [2.05, 4.69) is 25.6 Å². The molecule has 2 aliphatic carbocycles. The van der Waals surface area contributed by atoms with Crippen LogP contribution in [0, 0.1) is 35.5 Å². The predicted octanol–water partition coefficient (Wildman–Crippen LogP) is 10.7. The summed E-state index contributed by atoms with van der Waals surface area (Å²) in [7, 11) is 4.60. The number of esters is 1. The van der Waals surface area contributed by atoms with E-state index in [-0.39, 0.29) is 91.0 Å². The van der Waals surface area contributed by atoms with E-state index < -0.39 is 83.7 Å². The zero-order valence-electron chi connectivity index (χ0n) is 78.2. The normalized spacial score (nSPS) is 26.5. The number of piperidine rings is 1. The van der Waals surface area contributed by atoms with Crippen LogP contribution in [0.15, 0.2) is 78.3 Å². The summed E-state index contributed by atoms with van der Waals surface area (Å²) < 4.78 is 73.3. The Labute approximate surface area is 765 Å². The highest BCUT2D eigenvalue weighted by atomic mass is 16.6. The number of nitrogens with two attached hydrogens (primary N) is 1. The van der Waals surface area contributed by atoms with Gasteiger partial charge in [-0.15, -0.1) is 5.10 Å². The van der Waals surface area contributed by atoms with E-state index >= 15 is 0 Å². The highest BCUT2D eigenvalue weighted by Gasteiger charge is 2.53. The minimum atomic E-state index is -2.48. The van der Waals surface area contributed by atoms with Crippen LogP contribution in [0.1, 0.15) is 218 Å². The summed E-state index contributed by atoms with van der Waals surface area (Å²) in [6.45, 7) is 18.8. The number of phenolic OH excluding ortho intramolecular Hbond substituents is 1. The van der Waals surface area contributed by atoms with Crippen molar-refractivity contribution < 1.29 is 111 Å². The molecule has 130 heavy (non-hydrogen) atoms. The number of aryl methyl sites for hydroxylation is 2. The molecule has 0 radical (unpaired) electrons. The number of aromatic nitrogens is 7. The van der Waals surface area contributed by atoms with Crippen LogP contribution in [0.4, 0.5) is 5.82 Å². The van der Waals surface area contributed by atoms with Crippen molar-refractivity contribution in [2.75, 3.05) is 133 Å². The van der Waals surface area contributed by atoms with E-state index in [1.807, 2.05) is 85.8 Å². The lowest BCUT2D eigenvalue weighted by molar-refractivity contribution is -0.265. The Morgan fingerprint density at radius 2 is 1.40 bits per heavy atom. The van der Waals surface area contributed by atoms with Gasteiger partial charge in [0.2, 0.25) is 11.7 Å². The number of rotatable bonds is 46. The fourth-order valence-electron chi connectivity index (χ4n) is 17.7. The van der Waals surface area contributed by atoms with E-state index in [9.17, 15) is 53.7 Å². The third-order valence-corrected chi connectivity index (χ3v) is 25.5. The second-order valence-electron chi connectivity index (χ2n) is 35.5. The molecule has 6 N–H and O–H groups in total. The maximum atomic E-state index is 14.8. The number of nitrogens with zero attached hydrogens (tertiary/aromatic N) is 8. The SMILES string of the molecule is CO[C@H]1C[C@@H]2CC[C@@H](C)[C@@](O)(O2)C(=O)C(=O)N2CCCC[C@H]2C(=O)O[C@H]([C@H](C)C[C@@H]2CC[C@H](n3cc(CCCC(=O)NCCOCCOCCOCCC(=O)CCCOCCOCCOCCOCCC(=O)CCCCCn4nc(C5=Cc6cc(O)ccc6C5)c5c(N)ncnc54)nn3)[C@H](OC)C2)CC(=O)[C@H](C)/C=C(\C)[C@@H](O)[C@@H](OC)C(=O)[C@H](C)C[C@H](C)/C=C/C=C/C=C/1C. The number of aromatic hydroxyl groups is 1. The van der Waals surface area contributed by atoms with Gasteiger partial charge in [-0.25, -0.2) is 24.1 Å². The zero-order chi connectivity index (χ0) is 93.5. The van der Waals surface area contributed by atoms with Gasteiger partial charge >= 0.3 is 5.97 Å². The minimum Gasteiger partial charge on any atom is -0.508 e. The van der Waals surface area contributed by atoms with Crippen LogP contribution in [0.5, 0.6) is 5.75 Å². The second kappa shape index (κ2) is 55.2. The standard InChI is InChI=1S/C97H144N10O23/c1-64-21-13-11-14-22-65(2)83(119-8)60-79-32-28-70(7)97(118,130-79)92(115)95(116)105-37-18-16-26-81(105)96(117)129-84(61-82(111)66(3)54-69(6)90(114)91(121-10)89(113)68(5)53-64)67(4)55-71-29-33-80(85(56-71)120-9)107-62-75(102-104-107)23-19-27-86(112)99-36-42-125-46-50-127-48-44-124-41-35-77(109)25-20-39-122-43-47-126-51-52-128-49-45-123-40-34-76(108)24-15-12-17-38-106-94-87(93(98)100-63-101-94)88(103-106)74-57-72-30-31-78(110)59-73(72)58-74/h11,13-14,21-22,30-31,54,58-59,62-64,66-68,70-71,79-81,83-85,90-91,110,114,118H,12,15-20,23-29,32-53,55-57,60-61H2,1-10H3,(H,99,112)(H2,98,100,101)/b14-11+,21-13+,65-22+,69-54+/t64-,66-,67-,68-,70-,71+,79+,80+,81+,83+,84+,85-,90-,91+,97-/m1/s1. The Hall–Kier alpha value is -8.55. The molecule has 0 spiro atoms. The van der Waals surface area contributed by atoms with Crippen LogP contribution in [0.25, 0.3) is 22.7 Å². The van der Waals surface area contributed by atoms with Gasteiger partial charge < -0.3 is 88.1 Å². The smallest absolute Gasteiger partial charge is 0.329 e. The Balaban J connectivity index is 0.592. The molecule has 0 unspecified atom stereocenters. The topological polar surface area (TPSA) is 424 Å². The summed E-state index contributed by atoms with van der Waals surface area (Å²) in [5.41, 5.74) is 12.8. The first-order valence-corrected chi connectivity index (χ1v) is 46.9. The molecule has 1 saturated carbocycles. The van der Waals surface area contributed by atoms with Crippen molar-refractivity contribution in [1.82, 2.24) is 45.0 Å². The summed E-state index contributed by atoms with van der Waals surface area (Å²) in [5, 5.41) is 51.3. The lowest BCUT2D eigenvalue weighted by Gasteiger charge is -2.42. The number of methoxy groups -OCH3 is 3. The van der Waals surface area contributed by atoms with Crippen LogP contribution in [-0.2, 0) is 115 Å². The summed E-state index contributed by atoms with van der Waals surface area (Å²) >= 11 is 0. The molecule has 4 aromatic rings. The number of phenols is 1. The molecule has 2 bridgehead atoms. The lowest BCUT2D eigenvalue weighted by atomic mass is 9.77. The maximum Gasteiger partial charge on any atom is 0.329 e. The van der Waals surface area contributed by atoms with Gasteiger partial charge in [0.05, 0.1) is 121 Å². The fraction of sp³-hybridized carbons (Fsp3) is 0.680. The van der Waals surface area contributed by atoms with E-state index in [1.54, 1.807) is 53.2 Å². The van der Waals surface area contributed by atoms with E-state index in [0.29, 0.717) is 225 Å². The van der Waals surface area contributed by atoms with Crippen LogP contribution >= 0.6 is 0 Å². The number of unbranched alkanes of at least 4 members (excludes halogenated alkanes) is 2. The Kier molecular flexibility index (Phi) is 44.6. The average molecular weight is 1820 g/mol. The Morgan fingerprint density at radius 1 is 0.715 bits per heavy atom. The maximum absolute atomic E-state index is 14.8. The number of benzene rings is 1. The van der Waals surface area contributed by atoms with Gasteiger partial charge in [-0.05, 0) is 174 Å². The summed E-state index contributed by atoms with van der Waals surface area (Å²) in [4.78, 5) is 120. The van der Waals surface area contributed by atoms with Gasteiger partial charge in [0.25, 0.3) is 11.7 Å².